The Kier molecular flexibility index (Phi) is 3.90. The molecule has 1 aromatic carbocycles. The summed E-state index contributed by atoms with van der Waals surface area (Å²) in [6.07, 6.45) is 5.01. The maximum absolute atomic E-state index is 12.4. The van der Waals surface area contributed by atoms with Gasteiger partial charge in [0.05, 0.1) is 24.8 Å². The number of aromatic nitrogens is 2. The SMILES string of the molecule is COc1c(C)cc(C)cc1C(=O)Cc1cnccn1. The van der Waals surface area contributed by atoms with Crippen LogP contribution in [0.5, 0.6) is 5.75 Å². The Morgan fingerprint density at radius 3 is 2.68 bits per heavy atom. The number of aryl methyl sites for hydroxylation is 2. The van der Waals surface area contributed by atoms with Gasteiger partial charge in [-0.2, -0.15) is 0 Å². The number of carbonyl (C=O) groups is 1. The van der Waals surface area contributed by atoms with Gasteiger partial charge in [0.25, 0.3) is 0 Å². The zero-order valence-electron chi connectivity index (χ0n) is 11.3. The molecule has 0 N–H and O–H groups in total. The molecule has 0 aliphatic carbocycles. The minimum Gasteiger partial charge on any atom is -0.496 e. The quantitative estimate of drug-likeness (QED) is 0.789. The van der Waals surface area contributed by atoms with Crippen LogP contribution in [0.15, 0.2) is 30.7 Å². The number of methoxy groups -OCH3 is 1. The summed E-state index contributed by atoms with van der Waals surface area (Å²) in [6, 6.07) is 3.85. The van der Waals surface area contributed by atoms with Crippen molar-refractivity contribution in [3.05, 3.63) is 53.1 Å². The first-order chi connectivity index (χ1) is 9.11. The van der Waals surface area contributed by atoms with Crippen molar-refractivity contribution < 1.29 is 9.53 Å². The van der Waals surface area contributed by atoms with Crippen molar-refractivity contribution in [2.75, 3.05) is 7.11 Å². The third kappa shape index (κ3) is 2.96. The number of ketones is 1. The minimum absolute atomic E-state index is 0.0100. The van der Waals surface area contributed by atoms with Crippen molar-refractivity contribution in [2.45, 2.75) is 20.3 Å². The van der Waals surface area contributed by atoms with Gasteiger partial charge in [0.1, 0.15) is 5.75 Å². The number of benzene rings is 1. The maximum atomic E-state index is 12.4. The highest BCUT2D eigenvalue weighted by atomic mass is 16.5. The van der Waals surface area contributed by atoms with E-state index in [1.807, 2.05) is 26.0 Å². The molecule has 0 aliphatic heterocycles. The van der Waals surface area contributed by atoms with Crippen LogP contribution in [0.4, 0.5) is 0 Å². The molecule has 2 rings (SSSR count). The molecule has 0 unspecified atom stereocenters. The Hall–Kier alpha value is -2.23. The van der Waals surface area contributed by atoms with E-state index in [-0.39, 0.29) is 12.2 Å². The molecule has 0 spiro atoms. The van der Waals surface area contributed by atoms with E-state index in [1.54, 1.807) is 25.7 Å². The highest BCUT2D eigenvalue weighted by Crippen LogP contribution is 2.26. The number of rotatable bonds is 4. The van der Waals surface area contributed by atoms with Crippen molar-refractivity contribution >= 4 is 5.78 Å². The first-order valence-electron chi connectivity index (χ1n) is 6.05. The lowest BCUT2D eigenvalue weighted by Gasteiger charge is -2.11. The summed E-state index contributed by atoms with van der Waals surface area (Å²) in [7, 11) is 1.58. The lowest BCUT2D eigenvalue weighted by molar-refractivity contribution is 0.0988. The van der Waals surface area contributed by atoms with Crippen LogP contribution in [-0.4, -0.2) is 22.9 Å². The van der Waals surface area contributed by atoms with Crippen LogP contribution in [-0.2, 0) is 6.42 Å². The van der Waals surface area contributed by atoms with Crippen LogP contribution in [0.25, 0.3) is 0 Å². The molecule has 0 saturated heterocycles. The van der Waals surface area contributed by atoms with E-state index in [9.17, 15) is 4.79 Å². The molecule has 98 valence electrons. The van der Waals surface area contributed by atoms with Crippen molar-refractivity contribution in [3.8, 4) is 5.75 Å². The van der Waals surface area contributed by atoms with Gasteiger partial charge in [-0.15, -0.1) is 0 Å². The number of Topliss-reactive ketones (excluding diaryl/α,β-unsaturated/α-hetero) is 1. The van der Waals surface area contributed by atoms with Crippen LogP contribution in [0.1, 0.15) is 27.2 Å². The molecule has 0 aliphatic rings. The molecule has 0 fully saturated rings. The summed E-state index contributed by atoms with van der Waals surface area (Å²) in [5.74, 6) is 0.628. The van der Waals surface area contributed by atoms with Gasteiger partial charge in [-0.05, 0) is 31.0 Å². The van der Waals surface area contributed by atoms with E-state index in [1.165, 1.54) is 0 Å². The van der Waals surface area contributed by atoms with Crippen molar-refractivity contribution in [3.63, 3.8) is 0 Å². The summed E-state index contributed by atoms with van der Waals surface area (Å²) in [6.45, 7) is 3.90. The van der Waals surface area contributed by atoms with Gasteiger partial charge in [-0.1, -0.05) is 6.07 Å². The first-order valence-corrected chi connectivity index (χ1v) is 6.05. The fraction of sp³-hybridized carbons (Fsp3) is 0.267. The molecule has 4 nitrogen and oxygen atoms in total. The Morgan fingerprint density at radius 2 is 2.05 bits per heavy atom. The molecule has 0 saturated carbocycles. The Labute approximate surface area is 112 Å². The van der Waals surface area contributed by atoms with Crippen molar-refractivity contribution in [2.24, 2.45) is 0 Å². The fourth-order valence-electron chi connectivity index (χ4n) is 2.11. The smallest absolute Gasteiger partial charge is 0.172 e. The standard InChI is InChI=1S/C15H16N2O2/c1-10-6-11(2)15(19-3)13(7-10)14(18)8-12-9-16-4-5-17-12/h4-7,9H,8H2,1-3H3. The molecule has 1 heterocycles. The summed E-state index contributed by atoms with van der Waals surface area (Å²) < 4.78 is 5.33. The molecule has 19 heavy (non-hydrogen) atoms. The fourth-order valence-corrected chi connectivity index (χ4v) is 2.11. The number of hydrogen-bond donors (Lipinski definition) is 0. The number of carbonyl (C=O) groups excluding carboxylic acids is 1. The lowest BCUT2D eigenvalue weighted by atomic mass is 10.00. The summed E-state index contributed by atoms with van der Waals surface area (Å²) in [5.41, 5.74) is 3.27. The molecule has 1 aromatic heterocycles. The van der Waals surface area contributed by atoms with Gasteiger partial charge in [-0.3, -0.25) is 14.8 Å². The van der Waals surface area contributed by atoms with E-state index >= 15 is 0 Å². The van der Waals surface area contributed by atoms with Crippen molar-refractivity contribution in [1.29, 1.82) is 0 Å². The second-order valence-corrected chi connectivity index (χ2v) is 4.46. The normalized spacial score (nSPS) is 10.3. The van der Waals surface area contributed by atoms with Crippen LogP contribution < -0.4 is 4.74 Å². The van der Waals surface area contributed by atoms with E-state index in [2.05, 4.69) is 9.97 Å². The zero-order valence-corrected chi connectivity index (χ0v) is 11.3. The maximum Gasteiger partial charge on any atom is 0.172 e. The van der Waals surface area contributed by atoms with Gasteiger partial charge in [-0.25, -0.2) is 0 Å². The van der Waals surface area contributed by atoms with E-state index < -0.39 is 0 Å². The van der Waals surface area contributed by atoms with E-state index in [0.29, 0.717) is 17.0 Å². The summed E-state index contributed by atoms with van der Waals surface area (Å²) in [5, 5.41) is 0. The second kappa shape index (κ2) is 5.61. The van der Waals surface area contributed by atoms with Crippen LogP contribution in [0, 0.1) is 13.8 Å². The molecule has 4 heteroatoms. The predicted molar refractivity (Wildman–Crippen MR) is 72.5 cm³/mol. The largest absolute Gasteiger partial charge is 0.496 e. The highest BCUT2D eigenvalue weighted by Gasteiger charge is 2.16. The zero-order chi connectivity index (χ0) is 13.8. The van der Waals surface area contributed by atoms with Crippen molar-refractivity contribution in [1.82, 2.24) is 9.97 Å². The molecule has 0 amide bonds. The van der Waals surface area contributed by atoms with E-state index in [4.69, 9.17) is 4.74 Å². The lowest BCUT2D eigenvalue weighted by Crippen LogP contribution is -2.08. The Bertz CT molecular complexity index is 595. The minimum atomic E-state index is -0.0100. The molecule has 0 bridgehead atoms. The van der Waals surface area contributed by atoms with Crippen LogP contribution in [0.3, 0.4) is 0 Å². The molecule has 2 aromatic rings. The summed E-state index contributed by atoms with van der Waals surface area (Å²) >= 11 is 0. The monoisotopic (exact) mass is 256 g/mol. The third-order valence-corrected chi connectivity index (χ3v) is 2.88. The summed E-state index contributed by atoms with van der Waals surface area (Å²) in [4.78, 5) is 20.4. The average molecular weight is 256 g/mol. The topological polar surface area (TPSA) is 52.1 Å². The predicted octanol–water partition coefficient (Wildman–Crippen LogP) is 2.53. The molecular formula is C15H16N2O2. The Balaban J connectivity index is 2.33. The number of ether oxygens (including phenoxy) is 1. The molecular weight excluding hydrogens is 240 g/mol. The van der Waals surface area contributed by atoms with Gasteiger partial charge in [0, 0.05) is 18.6 Å². The van der Waals surface area contributed by atoms with Gasteiger partial charge in [0.15, 0.2) is 5.78 Å². The average Bonchev–Trinajstić information content (AvgIpc) is 2.39. The van der Waals surface area contributed by atoms with Gasteiger partial charge >= 0.3 is 0 Å². The van der Waals surface area contributed by atoms with Crippen LogP contribution >= 0.6 is 0 Å². The van der Waals surface area contributed by atoms with Gasteiger partial charge in [0.2, 0.25) is 0 Å². The Morgan fingerprint density at radius 1 is 1.26 bits per heavy atom. The second-order valence-electron chi connectivity index (χ2n) is 4.46. The first kappa shape index (κ1) is 13.2. The highest BCUT2D eigenvalue weighted by molar-refractivity contribution is 6.00. The van der Waals surface area contributed by atoms with Crippen LogP contribution in [0.2, 0.25) is 0 Å². The number of nitrogens with zero attached hydrogens (tertiary/aromatic N) is 2. The van der Waals surface area contributed by atoms with Gasteiger partial charge < -0.3 is 4.74 Å². The van der Waals surface area contributed by atoms with E-state index in [0.717, 1.165) is 11.1 Å². The molecule has 0 atom stereocenters. The number of hydrogen-bond acceptors (Lipinski definition) is 4. The molecule has 0 radical (unpaired) electrons. The third-order valence-electron chi connectivity index (χ3n) is 2.88.